The Bertz CT molecular complexity index is 2220. The number of hydrogen-bond acceptors (Lipinski definition) is 8. The second-order valence-corrected chi connectivity index (χ2v) is 14.0. The van der Waals surface area contributed by atoms with E-state index >= 15 is 0 Å². The number of amides is 1. The molecule has 1 saturated carbocycles. The zero-order chi connectivity index (χ0) is 32.0. The summed E-state index contributed by atoms with van der Waals surface area (Å²) >= 11 is 0. The van der Waals surface area contributed by atoms with Crippen LogP contribution in [0.25, 0.3) is 55.8 Å². The molecular weight excluding hydrogens is 607 g/mol. The molecule has 46 heavy (non-hydrogen) atoms. The molecule has 0 spiro atoms. The van der Waals surface area contributed by atoms with Crippen molar-refractivity contribution >= 4 is 43.5 Å². The number of rotatable bonds is 7. The van der Waals surface area contributed by atoms with Crippen LogP contribution in [-0.2, 0) is 14.6 Å². The first-order valence-corrected chi connectivity index (χ1v) is 16.9. The van der Waals surface area contributed by atoms with E-state index in [1.807, 2.05) is 24.3 Å². The van der Waals surface area contributed by atoms with Gasteiger partial charge in [-0.15, -0.1) is 0 Å². The van der Waals surface area contributed by atoms with E-state index in [4.69, 9.17) is 10.7 Å². The van der Waals surface area contributed by atoms with Crippen molar-refractivity contribution in [3.8, 4) is 33.8 Å². The Labute approximate surface area is 263 Å². The monoisotopic (exact) mass is 638 g/mol. The van der Waals surface area contributed by atoms with Gasteiger partial charge < -0.3 is 16.0 Å². The number of carbonyl (C=O) groups is 1. The summed E-state index contributed by atoms with van der Waals surface area (Å²) in [6.07, 6.45) is 11.1. The van der Waals surface area contributed by atoms with Crippen LogP contribution in [0.1, 0.15) is 43.0 Å². The minimum Gasteiger partial charge on any atom is -0.324 e. The van der Waals surface area contributed by atoms with Gasteiger partial charge in [0.2, 0.25) is 5.91 Å². The molecule has 0 aliphatic heterocycles. The predicted molar refractivity (Wildman–Crippen MR) is 175 cm³/mol. The van der Waals surface area contributed by atoms with Gasteiger partial charge in [0.1, 0.15) is 22.4 Å². The fourth-order valence-corrected chi connectivity index (χ4v) is 6.71. The van der Waals surface area contributed by atoms with E-state index in [-0.39, 0.29) is 17.4 Å². The van der Waals surface area contributed by atoms with Gasteiger partial charge in [-0.25, -0.2) is 22.8 Å². The average Bonchev–Trinajstić information content (AvgIpc) is 3.68. The van der Waals surface area contributed by atoms with Crippen LogP contribution in [0.2, 0.25) is 0 Å². The smallest absolute Gasteiger partial charge is 0.227 e. The number of nitrogens with zero attached hydrogens (tertiary/aromatic N) is 4. The first-order valence-electron chi connectivity index (χ1n) is 15.0. The molecule has 1 fully saturated rings. The van der Waals surface area contributed by atoms with E-state index in [0.717, 1.165) is 60.0 Å². The molecule has 4 aromatic heterocycles. The van der Waals surface area contributed by atoms with Crippen molar-refractivity contribution in [2.45, 2.75) is 37.5 Å². The summed E-state index contributed by atoms with van der Waals surface area (Å²) in [6, 6.07) is 13.4. The number of hydrogen-bond donors (Lipinski definition) is 4. The number of aromatic amines is 2. The van der Waals surface area contributed by atoms with E-state index in [1.54, 1.807) is 30.7 Å². The molecule has 5 N–H and O–H groups in total. The number of halogens is 1. The van der Waals surface area contributed by atoms with Crippen LogP contribution in [0.3, 0.4) is 0 Å². The summed E-state index contributed by atoms with van der Waals surface area (Å²) < 4.78 is 38.8. The fourth-order valence-electron chi connectivity index (χ4n) is 6.08. The number of nitrogens with two attached hydrogens (primary N) is 1. The van der Waals surface area contributed by atoms with Crippen molar-refractivity contribution in [3.63, 3.8) is 0 Å². The molecule has 6 aromatic rings. The Hall–Kier alpha value is -5.01. The van der Waals surface area contributed by atoms with Crippen LogP contribution >= 0.6 is 0 Å². The third-order valence-corrected chi connectivity index (χ3v) is 9.70. The second-order valence-electron chi connectivity index (χ2n) is 11.8. The lowest BCUT2D eigenvalue weighted by atomic mass is 9.88. The van der Waals surface area contributed by atoms with Gasteiger partial charge in [0, 0.05) is 41.1 Å². The fraction of sp³-hybridized carbons (Fsp3) is 0.242. The number of sulfone groups is 1. The number of pyridine rings is 2. The second kappa shape index (κ2) is 11.7. The van der Waals surface area contributed by atoms with Crippen molar-refractivity contribution in [3.05, 3.63) is 78.5 Å². The Morgan fingerprint density at radius 2 is 1.85 bits per heavy atom. The molecular formula is C33H31FN8O3S. The van der Waals surface area contributed by atoms with Crippen LogP contribution in [0.15, 0.2) is 67.1 Å². The lowest BCUT2D eigenvalue weighted by Gasteiger charge is -2.20. The molecule has 13 heteroatoms. The number of H-pyrrole nitrogens is 2. The summed E-state index contributed by atoms with van der Waals surface area (Å²) in [4.78, 5) is 29.6. The van der Waals surface area contributed by atoms with Crippen molar-refractivity contribution < 1.29 is 17.6 Å². The van der Waals surface area contributed by atoms with Gasteiger partial charge in [-0.3, -0.25) is 14.9 Å². The molecule has 0 bridgehead atoms. The summed E-state index contributed by atoms with van der Waals surface area (Å²) in [5.74, 6) is -0.106. The number of nitrogens with one attached hydrogen (secondary N) is 3. The van der Waals surface area contributed by atoms with Crippen LogP contribution < -0.4 is 11.1 Å². The van der Waals surface area contributed by atoms with Gasteiger partial charge in [0.15, 0.2) is 21.3 Å². The van der Waals surface area contributed by atoms with E-state index in [0.29, 0.717) is 39.5 Å². The topological polar surface area (TPSA) is 172 Å². The first kappa shape index (κ1) is 29.7. The highest BCUT2D eigenvalue weighted by molar-refractivity contribution is 7.90. The van der Waals surface area contributed by atoms with Gasteiger partial charge in [0.05, 0.1) is 17.4 Å². The Morgan fingerprint density at radius 1 is 1.02 bits per heavy atom. The molecule has 1 unspecified atom stereocenters. The van der Waals surface area contributed by atoms with E-state index in [2.05, 4.69) is 30.5 Å². The standard InChI is InChI=1S/C33H31FN8O3S/c1-46(44,45)30(35)21-11-20(12-23(34)13-21)25-9-10-37-31-28(25)39-32(40-31)29-26-15-19(7-8-27(26)41-42-29)22-14-24(17-36-16-22)38-33(43)18-5-3-2-4-6-18/h7-18,30H,2-6,35H2,1H3,(H,38,43)(H,41,42)(H,37,39,40). The molecule has 0 saturated heterocycles. The Morgan fingerprint density at radius 3 is 2.65 bits per heavy atom. The van der Waals surface area contributed by atoms with Crippen LogP contribution in [0, 0.1) is 11.7 Å². The summed E-state index contributed by atoms with van der Waals surface area (Å²) in [5, 5.41) is 10.0. The largest absolute Gasteiger partial charge is 0.324 e. The highest BCUT2D eigenvalue weighted by Gasteiger charge is 2.23. The molecule has 4 heterocycles. The third kappa shape index (κ3) is 5.74. The lowest BCUT2D eigenvalue weighted by molar-refractivity contribution is -0.120. The zero-order valence-corrected chi connectivity index (χ0v) is 25.7. The molecule has 2 aromatic carbocycles. The Balaban J connectivity index is 1.23. The minimum atomic E-state index is -3.65. The van der Waals surface area contributed by atoms with E-state index in [1.165, 1.54) is 12.5 Å². The van der Waals surface area contributed by atoms with Gasteiger partial charge in [0.25, 0.3) is 0 Å². The highest BCUT2D eigenvalue weighted by Crippen LogP contribution is 2.34. The maximum atomic E-state index is 14.7. The van der Waals surface area contributed by atoms with E-state index in [9.17, 15) is 17.6 Å². The number of imidazole rings is 1. The normalized spacial score (nSPS) is 14.9. The van der Waals surface area contributed by atoms with Gasteiger partial charge >= 0.3 is 0 Å². The molecule has 0 radical (unpaired) electrons. The SMILES string of the molecule is CS(=O)(=O)C(N)c1cc(F)cc(-c2ccnc3[nH]c(-c4n[nH]c5ccc(-c6cncc(NC(=O)C7CCCCC7)c6)cc45)nc23)c1. The zero-order valence-electron chi connectivity index (χ0n) is 24.9. The number of carbonyl (C=O) groups excluding carboxylic acids is 1. The van der Waals surface area contributed by atoms with Crippen molar-refractivity contribution in [1.82, 2.24) is 30.1 Å². The van der Waals surface area contributed by atoms with Gasteiger partial charge in [-0.2, -0.15) is 5.10 Å². The van der Waals surface area contributed by atoms with Crippen LogP contribution in [0.5, 0.6) is 0 Å². The van der Waals surface area contributed by atoms with Crippen LogP contribution in [-0.4, -0.2) is 50.7 Å². The molecule has 7 rings (SSSR count). The number of fused-ring (bicyclic) bond motifs is 2. The summed E-state index contributed by atoms with van der Waals surface area (Å²) in [7, 11) is -3.65. The molecule has 1 aliphatic carbocycles. The molecule has 1 aliphatic rings. The maximum Gasteiger partial charge on any atom is 0.227 e. The maximum absolute atomic E-state index is 14.7. The molecule has 1 amide bonds. The van der Waals surface area contributed by atoms with E-state index < -0.39 is 21.0 Å². The molecule has 1 atom stereocenters. The number of anilines is 1. The predicted octanol–water partition coefficient (Wildman–Crippen LogP) is 5.89. The van der Waals surface area contributed by atoms with Crippen molar-refractivity contribution in [2.24, 2.45) is 11.7 Å². The lowest BCUT2D eigenvalue weighted by Crippen LogP contribution is -2.24. The molecule has 234 valence electrons. The van der Waals surface area contributed by atoms with Crippen molar-refractivity contribution in [2.75, 3.05) is 11.6 Å². The summed E-state index contributed by atoms with van der Waals surface area (Å²) in [5.41, 5.74) is 11.6. The number of benzene rings is 2. The average molecular weight is 639 g/mol. The third-order valence-electron chi connectivity index (χ3n) is 8.51. The number of aromatic nitrogens is 6. The highest BCUT2D eigenvalue weighted by atomic mass is 32.2. The minimum absolute atomic E-state index is 0.0362. The Kier molecular flexibility index (Phi) is 7.57. The van der Waals surface area contributed by atoms with Crippen molar-refractivity contribution in [1.29, 1.82) is 0 Å². The van der Waals surface area contributed by atoms with Crippen LogP contribution in [0.4, 0.5) is 10.1 Å². The first-order chi connectivity index (χ1) is 22.1. The quantitative estimate of drug-likeness (QED) is 0.168. The van der Waals surface area contributed by atoms with Gasteiger partial charge in [-0.05, 0) is 72.0 Å². The molecule has 11 nitrogen and oxygen atoms in total. The van der Waals surface area contributed by atoms with Gasteiger partial charge in [-0.1, -0.05) is 25.3 Å². The summed E-state index contributed by atoms with van der Waals surface area (Å²) in [6.45, 7) is 0.